The second kappa shape index (κ2) is 36.9. The zero-order valence-corrected chi connectivity index (χ0v) is 78.4. The molecule has 0 aliphatic heterocycles. The van der Waals surface area contributed by atoms with Gasteiger partial charge in [0.1, 0.15) is 22.1 Å². The van der Waals surface area contributed by atoms with Crippen LogP contribution in [0.5, 0.6) is 0 Å². The van der Waals surface area contributed by atoms with Crippen molar-refractivity contribution in [3.8, 4) is 135 Å². The maximum absolute atomic E-state index is 6.40. The van der Waals surface area contributed by atoms with Crippen molar-refractivity contribution in [1.29, 1.82) is 0 Å². The summed E-state index contributed by atoms with van der Waals surface area (Å²) in [5.74, 6) is 6.09. The molecule has 6 aromatic heterocycles. The summed E-state index contributed by atoms with van der Waals surface area (Å²) in [6, 6.07) is 102. The molecule has 0 amide bonds. The van der Waals surface area contributed by atoms with E-state index in [-0.39, 0.29) is 0 Å². The Hall–Kier alpha value is -14.4. The van der Waals surface area contributed by atoms with Gasteiger partial charge in [-0.2, -0.15) is 0 Å². The zero-order chi connectivity index (χ0) is 91.3. The maximum atomic E-state index is 6.40. The van der Waals surface area contributed by atoms with Gasteiger partial charge in [-0.05, 0) is 283 Å². The van der Waals surface area contributed by atoms with Gasteiger partial charge in [-0.15, -0.1) is 0 Å². The molecule has 0 saturated carbocycles. The third-order valence-electron chi connectivity index (χ3n) is 27.1. The summed E-state index contributed by atoms with van der Waals surface area (Å²) in [6.07, 6.45) is 4.36. The number of aromatic nitrogens is 8. The van der Waals surface area contributed by atoms with Crippen LogP contribution in [0.2, 0.25) is 0 Å². The van der Waals surface area contributed by atoms with Crippen molar-refractivity contribution in [1.82, 2.24) is 39.9 Å². The van der Waals surface area contributed by atoms with E-state index < -0.39 is 0 Å². The minimum Gasteiger partial charge on any atom is -0.436 e. The molecule has 6 heterocycles. The number of fused-ring (bicyclic) bond motifs is 6. The average Bonchev–Trinajstić information content (AvgIpc) is 1.68. The Morgan fingerprint density at radius 3 is 0.523 bits per heavy atom. The lowest BCUT2D eigenvalue weighted by Gasteiger charge is -2.19. The second-order valence-electron chi connectivity index (χ2n) is 37.2. The Labute approximate surface area is 773 Å². The van der Waals surface area contributed by atoms with Crippen molar-refractivity contribution in [2.75, 3.05) is 0 Å². The SMILES string of the molecule is CC(C)c1cc2nc(-c3ccc(-c4ccc(-c5nc6ccccc6nc5-c5ccc(-c6ccc(-c7nc8cc(C(C)C)c(C(C)C)cc8o7)cc6)cc5)cc4)cc3)oc2cc1C(C)C.CCC(C)c1cc2nc(-c3ccc(-c4ccc(-c5nc6ccccc6nc5-c5ccc(-c6ccc(-c7nc8cc(C(C)CC)c(C(C)CC)cc8o7)cc6)cc5)cc4)cc3)oc2cc1C(C)CC. The van der Waals surface area contributed by atoms with Gasteiger partial charge in [0.2, 0.25) is 23.6 Å². The Bertz CT molecular complexity index is 6950. The standard InChI is InChI=1S/C62H60N4O2.C58H52N4O2/c1-9-37(5)49-33-55-57(35-51(49)39(7)11-3)67-61(65-55)47-29-21-43(22-30-47)41-17-25-45(26-18-41)59-60(64-54-16-14-13-15-53(54)63-59)46-27-19-42(20-28-46)44-23-31-48(32-24-44)62-66-56-34-50(38(6)10-2)52(40(8)12-4)36-58(56)68-62;1-33(2)45-29-51-53(31-47(45)35(5)6)63-57(61-51)43-25-17-39(18-26-43)37-13-21-41(22-14-37)55-56(60-50-12-10-9-11-49(50)59-55)42-23-15-38(16-24-42)40-19-27-44(28-20-40)58-62-52-30-46(34(3)4)48(36(7)8)32-54(52)64-58/h13-40H,9-12H2,1-8H3;9-36H,1-8H3. The third-order valence-corrected chi connectivity index (χ3v) is 27.1. The molecular weight excluding hydrogens is 1620 g/mol. The average molecular weight is 1730 g/mol. The summed E-state index contributed by atoms with van der Waals surface area (Å²) >= 11 is 0. The molecule has 0 N–H and O–H groups in total. The predicted octanol–water partition coefficient (Wildman–Crippen LogP) is 34.4. The van der Waals surface area contributed by atoms with Gasteiger partial charge in [0.15, 0.2) is 22.3 Å². The van der Waals surface area contributed by atoms with Crippen molar-refractivity contribution < 1.29 is 17.7 Å². The first kappa shape index (κ1) is 87.0. The van der Waals surface area contributed by atoms with E-state index in [0.29, 0.717) is 70.9 Å². The van der Waals surface area contributed by atoms with Gasteiger partial charge in [0, 0.05) is 44.5 Å². The molecule has 0 saturated heterocycles. The molecule has 0 aliphatic rings. The van der Waals surface area contributed by atoms with Crippen molar-refractivity contribution >= 4 is 66.5 Å². The summed E-state index contributed by atoms with van der Waals surface area (Å²) in [7, 11) is 0. The molecule has 20 rings (SSSR count). The highest BCUT2D eigenvalue weighted by atomic mass is 16.4. The first-order chi connectivity index (χ1) is 64.1. The Morgan fingerprint density at radius 2 is 0.333 bits per heavy atom. The quantitative estimate of drug-likeness (QED) is 0.0565. The van der Waals surface area contributed by atoms with Crippen LogP contribution in [0.25, 0.3) is 202 Å². The topological polar surface area (TPSA) is 156 Å². The molecule has 0 spiro atoms. The van der Waals surface area contributed by atoms with E-state index in [9.17, 15) is 0 Å². The van der Waals surface area contributed by atoms with Crippen LogP contribution in [0.15, 0.2) is 309 Å². The fourth-order valence-corrected chi connectivity index (χ4v) is 18.4. The largest absolute Gasteiger partial charge is 0.436 e. The van der Waals surface area contributed by atoms with Gasteiger partial charge >= 0.3 is 0 Å². The molecular formula is C120H112N8O4. The van der Waals surface area contributed by atoms with E-state index in [4.69, 9.17) is 57.5 Å². The predicted molar refractivity (Wildman–Crippen MR) is 546 cm³/mol. The van der Waals surface area contributed by atoms with E-state index >= 15 is 0 Å². The Balaban J connectivity index is 0.000000171. The van der Waals surface area contributed by atoms with E-state index in [1.54, 1.807) is 0 Å². The molecule has 0 bridgehead atoms. The smallest absolute Gasteiger partial charge is 0.227 e. The fraction of sp³-hybridized carbons (Fsp3) is 0.233. The molecule has 656 valence electrons. The summed E-state index contributed by atoms with van der Waals surface area (Å²) in [6.45, 7) is 36.1. The summed E-state index contributed by atoms with van der Waals surface area (Å²) in [5, 5.41) is 0. The molecule has 20 aromatic rings. The number of para-hydroxylation sites is 4. The molecule has 12 heteroatoms. The van der Waals surface area contributed by atoms with Crippen molar-refractivity contribution in [3.05, 3.63) is 336 Å². The highest BCUT2D eigenvalue weighted by Crippen LogP contribution is 2.44. The number of oxazole rings is 4. The number of benzene rings is 14. The van der Waals surface area contributed by atoms with Gasteiger partial charge in [-0.25, -0.2) is 39.9 Å². The molecule has 4 atom stereocenters. The fourth-order valence-electron chi connectivity index (χ4n) is 18.4. The third kappa shape index (κ3) is 17.4. The van der Waals surface area contributed by atoms with Crippen LogP contribution >= 0.6 is 0 Å². The van der Waals surface area contributed by atoms with Crippen LogP contribution in [0, 0.1) is 0 Å². The molecule has 4 unspecified atom stereocenters. The van der Waals surface area contributed by atoms with Gasteiger partial charge in [-0.1, -0.05) is 281 Å². The van der Waals surface area contributed by atoms with Crippen LogP contribution in [-0.2, 0) is 0 Å². The molecule has 12 nitrogen and oxygen atoms in total. The lowest BCUT2D eigenvalue weighted by Crippen LogP contribution is -2.02. The van der Waals surface area contributed by atoms with Crippen molar-refractivity contribution in [2.45, 2.75) is 184 Å². The lowest BCUT2D eigenvalue weighted by molar-refractivity contribution is 0.616. The normalized spacial score (nSPS) is 12.8. The summed E-state index contributed by atoms with van der Waals surface area (Å²) in [5.41, 5.74) is 41.4. The van der Waals surface area contributed by atoms with Gasteiger partial charge in [0.25, 0.3) is 0 Å². The summed E-state index contributed by atoms with van der Waals surface area (Å²) < 4.78 is 25.4. The highest BCUT2D eigenvalue weighted by molar-refractivity contribution is 5.91. The molecule has 14 aromatic carbocycles. The molecule has 0 fully saturated rings. The van der Waals surface area contributed by atoms with Crippen LogP contribution < -0.4 is 0 Å². The van der Waals surface area contributed by atoms with Crippen LogP contribution in [-0.4, -0.2) is 39.9 Å². The van der Waals surface area contributed by atoms with Gasteiger partial charge in [0.05, 0.1) is 44.8 Å². The first-order valence-corrected chi connectivity index (χ1v) is 47.3. The first-order valence-electron chi connectivity index (χ1n) is 47.3. The van der Waals surface area contributed by atoms with Crippen LogP contribution in [0.3, 0.4) is 0 Å². The second-order valence-corrected chi connectivity index (χ2v) is 37.2. The minimum absolute atomic E-state index is 0.412. The van der Waals surface area contributed by atoms with Crippen LogP contribution in [0.4, 0.5) is 0 Å². The van der Waals surface area contributed by atoms with Crippen molar-refractivity contribution in [3.63, 3.8) is 0 Å². The Kier molecular flexibility index (Phi) is 24.3. The number of rotatable bonds is 24. The monoisotopic (exact) mass is 1730 g/mol. The molecule has 132 heavy (non-hydrogen) atoms. The van der Waals surface area contributed by atoms with Gasteiger partial charge in [-0.3, -0.25) is 0 Å². The minimum atomic E-state index is 0.412. The zero-order valence-electron chi connectivity index (χ0n) is 78.4. The molecule has 0 radical (unpaired) electrons. The van der Waals surface area contributed by atoms with E-state index in [1.165, 1.54) is 44.5 Å². The summed E-state index contributed by atoms with van der Waals surface area (Å²) in [4.78, 5) is 40.5. The maximum Gasteiger partial charge on any atom is 0.227 e. The van der Waals surface area contributed by atoms with Crippen LogP contribution in [0.1, 0.15) is 228 Å². The number of nitrogens with zero attached hydrogens (tertiary/aromatic N) is 8. The number of hydrogen-bond donors (Lipinski definition) is 0. The van der Waals surface area contributed by atoms with Crippen molar-refractivity contribution in [2.24, 2.45) is 0 Å². The highest BCUT2D eigenvalue weighted by Gasteiger charge is 2.26. The number of hydrogen-bond acceptors (Lipinski definition) is 12. The van der Waals surface area contributed by atoms with E-state index in [1.807, 2.05) is 48.5 Å². The van der Waals surface area contributed by atoms with E-state index in [2.05, 4.69) is 353 Å². The molecule has 0 aliphatic carbocycles. The Morgan fingerprint density at radius 1 is 0.174 bits per heavy atom. The van der Waals surface area contributed by atoms with Gasteiger partial charge < -0.3 is 17.7 Å². The van der Waals surface area contributed by atoms with E-state index in [0.717, 1.165) is 204 Å². The lowest BCUT2D eigenvalue weighted by atomic mass is 9.86.